The Labute approximate surface area is 113 Å². The third-order valence-corrected chi connectivity index (χ3v) is 4.58. The van der Waals surface area contributed by atoms with Crippen molar-refractivity contribution in [2.45, 2.75) is 18.8 Å². The number of carbonyl (C=O) groups is 1. The number of rotatable bonds is 3. The summed E-state index contributed by atoms with van der Waals surface area (Å²) < 4.78 is 5.47. The van der Waals surface area contributed by atoms with Crippen LogP contribution in [0.25, 0.3) is 0 Å². The molecule has 4 rings (SSSR count). The second-order valence-corrected chi connectivity index (χ2v) is 5.53. The van der Waals surface area contributed by atoms with Crippen LogP contribution in [0, 0.1) is 5.92 Å². The lowest BCUT2D eigenvalue weighted by atomic mass is 9.74. The highest BCUT2D eigenvalue weighted by atomic mass is 16.5. The van der Waals surface area contributed by atoms with Gasteiger partial charge in [-0.15, -0.1) is 0 Å². The van der Waals surface area contributed by atoms with Crippen molar-refractivity contribution in [2.24, 2.45) is 11.7 Å². The van der Waals surface area contributed by atoms with Crippen LogP contribution in [-0.2, 0) is 0 Å². The molecular formula is C15H20N2O2. The molecule has 2 N–H and O–H groups in total. The van der Waals surface area contributed by atoms with Gasteiger partial charge in [0.15, 0.2) is 0 Å². The molecule has 4 nitrogen and oxygen atoms in total. The predicted molar refractivity (Wildman–Crippen MR) is 73.4 cm³/mol. The zero-order valence-corrected chi connectivity index (χ0v) is 11.3. The lowest BCUT2D eigenvalue weighted by Crippen LogP contribution is -2.46. The van der Waals surface area contributed by atoms with Crippen LogP contribution in [0.1, 0.15) is 34.7 Å². The zero-order chi connectivity index (χ0) is 13.4. The van der Waals surface area contributed by atoms with E-state index < -0.39 is 0 Å². The van der Waals surface area contributed by atoms with E-state index in [0.717, 1.165) is 17.9 Å². The minimum Gasteiger partial charge on any atom is -0.496 e. The van der Waals surface area contributed by atoms with Crippen molar-refractivity contribution in [2.75, 3.05) is 26.7 Å². The van der Waals surface area contributed by atoms with Gasteiger partial charge in [0.25, 0.3) is 0 Å². The van der Waals surface area contributed by atoms with Gasteiger partial charge in [0.1, 0.15) is 5.75 Å². The fourth-order valence-electron chi connectivity index (χ4n) is 3.61. The molecule has 3 fully saturated rings. The molecule has 0 radical (unpaired) electrons. The second kappa shape index (κ2) is 4.85. The first-order valence-corrected chi connectivity index (χ1v) is 6.89. The van der Waals surface area contributed by atoms with E-state index in [9.17, 15) is 4.79 Å². The molecular weight excluding hydrogens is 240 g/mol. The predicted octanol–water partition coefficient (Wildman–Crippen LogP) is 1.60. The number of benzene rings is 1. The number of nitrogens with two attached hydrogens (primary N) is 1. The smallest absolute Gasteiger partial charge is 0.249 e. The van der Waals surface area contributed by atoms with Crippen LogP contribution in [0.5, 0.6) is 5.75 Å². The summed E-state index contributed by atoms with van der Waals surface area (Å²) in [6, 6.07) is 5.58. The summed E-state index contributed by atoms with van der Waals surface area (Å²) in [5.41, 5.74) is 7.18. The molecule has 4 heteroatoms. The summed E-state index contributed by atoms with van der Waals surface area (Å²) in [4.78, 5) is 14.2. The van der Waals surface area contributed by atoms with E-state index in [0.29, 0.717) is 17.4 Å². The van der Waals surface area contributed by atoms with E-state index in [2.05, 4.69) is 4.90 Å². The van der Waals surface area contributed by atoms with Crippen molar-refractivity contribution in [3.05, 3.63) is 29.3 Å². The van der Waals surface area contributed by atoms with Gasteiger partial charge in [0, 0.05) is 23.6 Å². The molecule has 0 saturated carbocycles. The minimum atomic E-state index is -0.356. The van der Waals surface area contributed by atoms with Crippen LogP contribution >= 0.6 is 0 Å². The highest BCUT2D eigenvalue weighted by Crippen LogP contribution is 2.43. The van der Waals surface area contributed by atoms with Crippen LogP contribution < -0.4 is 10.5 Å². The monoisotopic (exact) mass is 260 g/mol. The molecule has 2 bridgehead atoms. The molecule has 3 saturated heterocycles. The molecule has 1 aromatic carbocycles. The number of hydrogen-bond donors (Lipinski definition) is 1. The molecule has 3 aliphatic rings. The van der Waals surface area contributed by atoms with Crippen LogP contribution in [0.3, 0.4) is 0 Å². The highest BCUT2D eigenvalue weighted by Gasteiger charge is 2.37. The summed E-state index contributed by atoms with van der Waals surface area (Å²) in [5.74, 6) is 1.47. The first kappa shape index (κ1) is 12.5. The Kier molecular flexibility index (Phi) is 3.19. The number of primary amides is 1. The Bertz CT molecular complexity index is 493. The standard InChI is InChI=1S/C15H20N2O2/c1-19-13-4-2-3-11(15(16)18)14(13)12-9-17-7-5-10(12)6-8-17/h2-4,10,12H,5-9H2,1H3,(H2,16,18). The first-order valence-electron chi connectivity index (χ1n) is 6.89. The van der Waals surface area contributed by atoms with Gasteiger partial charge >= 0.3 is 0 Å². The van der Waals surface area contributed by atoms with E-state index in [1.807, 2.05) is 18.2 Å². The summed E-state index contributed by atoms with van der Waals surface area (Å²) in [6.45, 7) is 3.38. The maximum absolute atomic E-state index is 11.7. The van der Waals surface area contributed by atoms with Gasteiger partial charge in [-0.3, -0.25) is 4.79 Å². The van der Waals surface area contributed by atoms with Crippen LogP contribution in [0.15, 0.2) is 18.2 Å². The largest absolute Gasteiger partial charge is 0.496 e. The quantitative estimate of drug-likeness (QED) is 0.898. The summed E-state index contributed by atoms with van der Waals surface area (Å²) in [6.07, 6.45) is 2.42. The lowest BCUT2D eigenvalue weighted by Gasteiger charge is -2.45. The van der Waals surface area contributed by atoms with Crippen molar-refractivity contribution < 1.29 is 9.53 Å². The van der Waals surface area contributed by atoms with Gasteiger partial charge < -0.3 is 15.4 Å². The molecule has 0 aliphatic carbocycles. The van der Waals surface area contributed by atoms with Crippen LogP contribution in [0.4, 0.5) is 0 Å². The van der Waals surface area contributed by atoms with E-state index in [1.165, 1.54) is 25.9 Å². The number of hydrogen-bond acceptors (Lipinski definition) is 3. The van der Waals surface area contributed by atoms with Gasteiger partial charge in [-0.2, -0.15) is 0 Å². The van der Waals surface area contributed by atoms with Crippen molar-refractivity contribution in [3.63, 3.8) is 0 Å². The van der Waals surface area contributed by atoms with Gasteiger partial charge in [0.2, 0.25) is 5.91 Å². The van der Waals surface area contributed by atoms with E-state index >= 15 is 0 Å². The number of piperidine rings is 3. The topological polar surface area (TPSA) is 55.6 Å². The molecule has 102 valence electrons. The van der Waals surface area contributed by atoms with Crippen molar-refractivity contribution in [3.8, 4) is 5.75 Å². The second-order valence-electron chi connectivity index (χ2n) is 5.53. The SMILES string of the molecule is COc1cccc(C(N)=O)c1C1CN2CCC1CC2. The van der Waals surface area contributed by atoms with E-state index in [-0.39, 0.29) is 5.91 Å². The Balaban J connectivity index is 2.05. The molecule has 0 aromatic heterocycles. The molecule has 19 heavy (non-hydrogen) atoms. The molecule has 1 aromatic rings. The molecule has 3 heterocycles. The number of nitrogens with zero attached hydrogens (tertiary/aromatic N) is 1. The highest BCUT2D eigenvalue weighted by molar-refractivity contribution is 5.95. The average molecular weight is 260 g/mol. The number of fused-ring (bicyclic) bond motifs is 3. The zero-order valence-electron chi connectivity index (χ0n) is 11.3. The maximum Gasteiger partial charge on any atom is 0.249 e. The molecule has 1 amide bonds. The van der Waals surface area contributed by atoms with Crippen molar-refractivity contribution in [1.29, 1.82) is 0 Å². The Morgan fingerprint density at radius 1 is 1.37 bits per heavy atom. The molecule has 1 unspecified atom stereocenters. The number of ether oxygens (including phenoxy) is 1. The third kappa shape index (κ3) is 2.10. The van der Waals surface area contributed by atoms with E-state index in [4.69, 9.17) is 10.5 Å². The number of carbonyl (C=O) groups excluding carboxylic acids is 1. The van der Waals surface area contributed by atoms with Crippen LogP contribution in [-0.4, -0.2) is 37.6 Å². The fourth-order valence-corrected chi connectivity index (χ4v) is 3.61. The van der Waals surface area contributed by atoms with Crippen molar-refractivity contribution >= 4 is 5.91 Å². The summed E-state index contributed by atoms with van der Waals surface area (Å²) in [7, 11) is 1.66. The summed E-state index contributed by atoms with van der Waals surface area (Å²) in [5, 5.41) is 0. The molecule has 1 atom stereocenters. The lowest BCUT2D eigenvalue weighted by molar-refractivity contribution is 0.0844. The Morgan fingerprint density at radius 3 is 2.63 bits per heavy atom. The first-order chi connectivity index (χ1) is 9.20. The van der Waals surface area contributed by atoms with Gasteiger partial charge in [0.05, 0.1) is 7.11 Å². The normalized spacial score (nSPS) is 29.2. The Morgan fingerprint density at radius 2 is 2.11 bits per heavy atom. The third-order valence-electron chi connectivity index (χ3n) is 4.58. The molecule has 3 aliphatic heterocycles. The molecule has 0 spiro atoms. The van der Waals surface area contributed by atoms with Gasteiger partial charge in [-0.1, -0.05) is 6.07 Å². The minimum absolute atomic E-state index is 0.356. The average Bonchev–Trinajstić information content (AvgIpc) is 2.47. The van der Waals surface area contributed by atoms with Crippen molar-refractivity contribution in [1.82, 2.24) is 4.90 Å². The fraction of sp³-hybridized carbons (Fsp3) is 0.533. The number of amides is 1. The summed E-state index contributed by atoms with van der Waals surface area (Å²) >= 11 is 0. The van der Waals surface area contributed by atoms with Gasteiger partial charge in [-0.05, 0) is 44.0 Å². The van der Waals surface area contributed by atoms with Gasteiger partial charge in [-0.25, -0.2) is 0 Å². The van der Waals surface area contributed by atoms with Crippen LogP contribution in [0.2, 0.25) is 0 Å². The van der Waals surface area contributed by atoms with E-state index in [1.54, 1.807) is 7.11 Å². The Hall–Kier alpha value is -1.55. The maximum atomic E-state index is 11.7. The number of methoxy groups -OCH3 is 1.